The molecule has 0 fully saturated rings. The minimum atomic E-state index is -0.468. The summed E-state index contributed by atoms with van der Waals surface area (Å²) in [6.45, 7) is 9.78. The van der Waals surface area contributed by atoms with Gasteiger partial charge in [-0.15, -0.1) is 0 Å². The van der Waals surface area contributed by atoms with Crippen LogP contribution in [0.15, 0.2) is 0 Å². The molecule has 0 heterocycles. The average molecular weight is 259 g/mol. The third kappa shape index (κ3) is 9.24. The highest BCUT2D eigenvalue weighted by Crippen LogP contribution is 2.18. The monoisotopic (exact) mass is 259 g/mol. The summed E-state index contributed by atoms with van der Waals surface area (Å²) in [6, 6.07) is -0.468. The molecule has 0 aliphatic heterocycles. The molecule has 0 unspecified atom stereocenters. The van der Waals surface area contributed by atoms with E-state index in [1.54, 1.807) is 0 Å². The molecule has 2 amide bonds. The predicted octanol–water partition coefficient (Wildman–Crippen LogP) is 1.62. The Kier molecular flexibility index (Phi) is 7.25. The molecule has 0 aromatic heterocycles. The minimum absolute atomic E-state index is 0.101. The van der Waals surface area contributed by atoms with Gasteiger partial charge in [0.25, 0.3) is 0 Å². The lowest BCUT2D eigenvalue weighted by molar-refractivity contribution is -0.0314. The molecule has 0 aliphatic rings. The molecule has 4 N–H and O–H groups in total. The van der Waals surface area contributed by atoms with Gasteiger partial charge in [-0.2, -0.15) is 0 Å². The Morgan fingerprint density at radius 1 is 1.22 bits per heavy atom. The Labute approximate surface area is 111 Å². The number of amides is 2. The van der Waals surface area contributed by atoms with Gasteiger partial charge in [0.1, 0.15) is 0 Å². The Morgan fingerprint density at radius 3 is 2.33 bits per heavy atom. The van der Waals surface area contributed by atoms with E-state index in [0.717, 1.165) is 25.9 Å². The van der Waals surface area contributed by atoms with Crippen LogP contribution in [-0.4, -0.2) is 37.4 Å². The number of rotatable bonds is 9. The van der Waals surface area contributed by atoms with Crippen LogP contribution in [0.25, 0.3) is 0 Å². The maximum atomic E-state index is 10.5. The molecule has 0 aliphatic carbocycles. The van der Waals surface area contributed by atoms with Crippen LogP contribution >= 0.6 is 0 Å². The van der Waals surface area contributed by atoms with Crippen LogP contribution in [0.2, 0.25) is 0 Å². The van der Waals surface area contributed by atoms with E-state index in [9.17, 15) is 4.79 Å². The molecule has 5 heteroatoms. The zero-order chi connectivity index (χ0) is 14.2. The summed E-state index contributed by atoms with van der Waals surface area (Å²) < 4.78 is 5.89. The summed E-state index contributed by atoms with van der Waals surface area (Å²) in [5.74, 6) is 0. The fourth-order valence-electron chi connectivity index (χ4n) is 1.51. The molecule has 108 valence electrons. The second kappa shape index (κ2) is 7.59. The molecular weight excluding hydrogens is 230 g/mol. The van der Waals surface area contributed by atoms with Gasteiger partial charge in [0.15, 0.2) is 0 Å². The zero-order valence-electron chi connectivity index (χ0n) is 12.4. The number of carbonyl (C=O) groups is 1. The van der Waals surface area contributed by atoms with Gasteiger partial charge in [-0.3, -0.25) is 0 Å². The highest BCUT2D eigenvalue weighted by Gasteiger charge is 2.20. The maximum Gasteiger partial charge on any atom is 0.312 e. The van der Waals surface area contributed by atoms with Crippen molar-refractivity contribution in [1.82, 2.24) is 10.6 Å². The summed E-state index contributed by atoms with van der Waals surface area (Å²) in [7, 11) is 1.96. The number of urea groups is 1. The normalized spacial score (nSPS) is 12.5. The van der Waals surface area contributed by atoms with Crippen LogP contribution in [0.4, 0.5) is 4.79 Å². The van der Waals surface area contributed by atoms with E-state index in [4.69, 9.17) is 10.5 Å². The molecule has 5 nitrogen and oxygen atoms in total. The van der Waals surface area contributed by atoms with E-state index in [-0.39, 0.29) is 11.1 Å². The molecule has 0 atom stereocenters. The summed E-state index contributed by atoms with van der Waals surface area (Å²) in [6.07, 6.45) is 2.73. The number of primary amides is 1. The first-order valence-electron chi connectivity index (χ1n) is 6.55. The minimum Gasteiger partial charge on any atom is -0.376 e. The van der Waals surface area contributed by atoms with Gasteiger partial charge in [-0.1, -0.05) is 0 Å². The first-order chi connectivity index (χ1) is 8.18. The van der Waals surface area contributed by atoms with Crippen LogP contribution in [-0.2, 0) is 4.74 Å². The molecule has 0 rings (SSSR count). The van der Waals surface area contributed by atoms with E-state index in [1.807, 2.05) is 7.05 Å². The van der Waals surface area contributed by atoms with Crippen molar-refractivity contribution in [2.75, 3.05) is 20.2 Å². The highest BCUT2D eigenvalue weighted by molar-refractivity contribution is 5.71. The predicted molar refractivity (Wildman–Crippen MR) is 74.6 cm³/mol. The topological polar surface area (TPSA) is 76.4 Å². The van der Waals surface area contributed by atoms with E-state index >= 15 is 0 Å². The van der Waals surface area contributed by atoms with Crippen molar-refractivity contribution in [3.05, 3.63) is 0 Å². The summed E-state index contributed by atoms with van der Waals surface area (Å²) >= 11 is 0. The van der Waals surface area contributed by atoms with Gasteiger partial charge in [0.05, 0.1) is 5.60 Å². The highest BCUT2D eigenvalue weighted by atomic mass is 16.5. The molecule has 0 radical (unpaired) electrons. The van der Waals surface area contributed by atoms with Crippen LogP contribution < -0.4 is 16.4 Å². The number of carbonyl (C=O) groups excluding carboxylic acids is 1. The Morgan fingerprint density at radius 2 is 1.83 bits per heavy atom. The van der Waals surface area contributed by atoms with Crippen molar-refractivity contribution in [3.63, 3.8) is 0 Å². The van der Waals surface area contributed by atoms with Crippen molar-refractivity contribution in [2.24, 2.45) is 5.73 Å². The smallest absolute Gasteiger partial charge is 0.312 e. The zero-order valence-corrected chi connectivity index (χ0v) is 12.4. The Hall–Kier alpha value is -0.810. The van der Waals surface area contributed by atoms with Crippen molar-refractivity contribution >= 4 is 6.03 Å². The lowest BCUT2D eigenvalue weighted by atomic mass is 10.00. The van der Waals surface area contributed by atoms with E-state index in [2.05, 4.69) is 38.3 Å². The lowest BCUT2D eigenvalue weighted by Gasteiger charge is -2.29. The molecule has 0 spiro atoms. The molecular formula is C13H29N3O2. The van der Waals surface area contributed by atoms with Crippen molar-refractivity contribution in [1.29, 1.82) is 0 Å². The van der Waals surface area contributed by atoms with Gasteiger partial charge in [0, 0.05) is 18.7 Å². The SMILES string of the molecule is CNC(C)(C)CCOC(C)(C)CCCNC(N)=O. The molecule has 0 aromatic rings. The standard InChI is InChI=1S/C13H29N3O2/c1-12(2,15-5)8-10-18-13(3,4)7-6-9-16-11(14)17/h15H,6-10H2,1-5H3,(H3,14,16,17). The summed E-state index contributed by atoms with van der Waals surface area (Å²) in [4.78, 5) is 10.5. The molecule has 0 aromatic carbocycles. The molecule has 0 bridgehead atoms. The number of ether oxygens (including phenoxy) is 1. The summed E-state index contributed by atoms with van der Waals surface area (Å²) in [5, 5.41) is 5.83. The largest absolute Gasteiger partial charge is 0.376 e. The number of nitrogens with two attached hydrogens (primary N) is 1. The number of hydrogen-bond donors (Lipinski definition) is 3. The fourth-order valence-corrected chi connectivity index (χ4v) is 1.51. The second-order valence-corrected chi connectivity index (χ2v) is 5.89. The maximum absolute atomic E-state index is 10.5. The molecule has 18 heavy (non-hydrogen) atoms. The van der Waals surface area contributed by atoms with Gasteiger partial charge in [-0.05, 0) is 54.0 Å². The van der Waals surface area contributed by atoms with Gasteiger partial charge in [0.2, 0.25) is 0 Å². The lowest BCUT2D eigenvalue weighted by Crippen LogP contribution is -2.38. The summed E-state index contributed by atoms with van der Waals surface area (Å²) in [5.41, 5.74) is 4.93. The van der Waals surface area contributed by atoms with Crippen LogP contribution in [0.3, 0.4) is 0 Å². The quantitative estimate of drug-likeness (QED) is 0.551. The fraction of sp³-hybridized carbons (Fsp3) is 0.923. The second-order valence-electron chi connectivity index (χ2n) is 5.89. The van der Waals surface area contributed by atoms with Gasteiger partial charge < -0.3 is 21.1 Å². The first kappa shape index (κ1) is 17.2. The third-order valence-corrected chi connectivity index (χ3v) is 3.15. The van der Waals surface area contributed by atoms with Crippen molar-refractivity contribution < 1.29 is 9.53 Å². The molecule has 0 saturated carbocycles. The number of hydrogen-bond acceptors (Lipinski definition) is 3. The van der Waals surface area contributed by atoms with Crippen LogP contribution in [0, 0.1) is 0 Å². The number of nitrogens with one attached hydrogen (secondary N) is 2. The molecule has 0 saturated heterocycles. The van der Waals surface area contributed by atoms with Crippen LogP contribution in [0.5, 0.6) is 0 Å². The van der Waals surface area contributed by atoms with Gasteiger partial charge in [-0.25, -0.2) is 4.79 Å². The Balaban J connectivity index is 3.76. The van der Waals surface area contributed by atoms with Crippen molar-refractivity contribution in [2.45, 2.75) is 58.1 Å². The Bertz CT molecular complexity index is 253. The van der Waals surface area contributed by atoms with E-state index in [1.165, 1.54) is 0 Å². The van der Waals surface area contributed by atoms with E-state index in [0.29, 0.717) is 6.54 Å². The first-order valence-corrected chi connectivity index (χ1v) is 6.55. The third-order valence-electron chi connectivity index (χ3n) is 3.15. The van der Waals surface area contributed by atoms with Crippen LogP contribution in [0.1, 0.15) is 47.0 Å². The van der Waals surface area contributed by atoms with Crippen molar-refractivity contribution in [3.8, 4) is 0 Å². The van der Waals surface area contributed by atoms with Gasteiger partial charge >= 0.3 is 6.03 Å². The van der Waals surface area contributed by atoms with E-state index < -0.39 is 6.03 Å². The average Bonchev–Trinajstić information content (AvgIpc) is 2.24.